The van der Waals surface area contributed by atoms with E-state index in [1.165, 1.54) is 25.3 Å². The molecule has 0 unspecified atom stereocenters. The van der Waals surface area contributed by atoms with E-state index >= 15 is 0 Å². The number of aliphatic imine (C=N–C) groups is 1. The average Bonchev–Trinajstić information content (AvgIpc) is 3.92. The number of hydrogen-bond acceptors (Lipinski definition) is 12. The number of aryl methyl sites for hydroxylation is 2. The van der Waals surface area contributed by atoms with E-state index in [4.69, 9.17) is 31.7 Å². The van der Waals surface area contributed by atoms with Gasteiger partial charge in [0.2, 0.25) is 23.7 Å². The second kappa shape index (κ2) is 19.0. The number of aromatic nitrogens is 6. The molecule has 6 aromatic rings. The van der Waals surface area contributed by atoms with Gasteiger partial charge in [-0.1, -0.05) is 24.3 Å². The van der Waals surface area contributed by atoms with E-state index in [9.17, 15) is 19.2 Å². The largest absolute Gasteiger partial charge is 0.494 e. The second-order valence-electron chi connectivity index (χ2n) is 14.1. The molecule has 4 amide bonds. The number of ether oxygens (including phenoxy) is 2. The molecule has 19 nitrogen and oxygen atoms in total. The number of fused-ring (bicyclic) bond motifs is 2. The highest BCUT2D eigenvalue weighted by Gasteiger charge is 2.23. The van der Waals surface area contributed by atoms with Crippen LogP contribution in [0.5, 0.6) is 11.5 Å². The van der Waals surface area contributed by atoms with Crippen LogP contribution in [0.25, 0.3) is 22.1 Å². The molecule has 0 saturated carbocycles. The van der Waals surface area contributed by atoms with Gasteiger partial charge >= 0.3 is 0 Å². The molecule has 19 heteroatoms. The van der Waals surface area contributed by atoms with Gasteiger partial charge in [0.05, 0.1) is 23.8 Å². The van der Waals surface area contributed by atoms with Crippen molar-refractivity contribution in [1.82, 2.24) is 28.9 Å². The summed E-state index contributed by atoms with van der Waals surface area (Å²) in [6, 6.07) is 15.4. The number of nitrogens with one attached hydrogen (secondary N) is 3. The van der Waals surface area contributed by atoms with E-state index < -0.39 is 23.6 Å². The summed E-state index contributed by atoms with van der Waals surface area (Å²) in [6.45, 7) is 8.30. The van der Waals surface area contributed by atoms with Gasteiger partial charge in [-0.3, -0.25) is 39.5 Å². The molecule has 9 N–H and O–H groups in total. The van der Waals surface area contributed by atoms with Crippen LogP contribution in [0, 0.1) is 6.92 Å². The average molecular weight is 844 g/mol. The topological polar surface area (TPSA) is 267 Å². The minimum atomic E-state index is -0.688. The number of carbonyl (C=O) groups excluding carboxylic acids is 4. The monoisotopic (exact) mass is 843 g/mol. The molecule has 0 bridgehead atoms. The summed E-state index contributed by atoms with van der Waals surface area (Å²) >= 11 is 0. The number of anilines is 3. The van der Waals surface area contributed by atoms with Crippen LogP contribution in [-0.4, -0.2) is 78.9 Å². The number of hydrogen-bond donors (Lipinski definition) is 6. The van der Waals surface area contributed by atoms with Crippen LogP contribution in [0.3, 0.4) is 0 Å². The van der Waals surface area contributed by atoms with Gasteiger partial charge in [-0.2, -0.15) is 5.10 Å². The van der Waals surface area contributed by atoms with Gasteiger partial charge < -0.3 is 41.1 Å². The maximum absolute atomic E-state index is 13.8. The van der Waals surface area contributed by atoms with Crippen molar-refractivity contribution < 1.29 is 28.7 Å². The smallest absolute Gasteiger partial charge is 0.276 e. The molecule has 0 aliphatic carbocycles. The molecule has 0 fully saturated rings. The molecule has 0 aliphatic heterocycles. The van der Waals surface area contributed by atoms with Crippen molar-refractivity contribution in [2.75, 3.05) is 36.7 Å². The highest BCUT2D eigenvalue weighted by molar-refractivity contribution is 6.47. The van der Waals surface area contributed by atoms with Crippen LogP contribution < -0.4 is 42.6 Å². The quantitative estimate of drug-likeness (QED) is 0.0518. The van der Waals surface area contributed by atoms with Gasteiger partial charge in [0, 0.05) is 55.7 Å². The van der Waals surface area contributed by atoms with Gasteiger partial charge in [-0.05, 0) is 81.8 Å². The summed E-state index contributed by atoms with van der Waals surface area (Å²) < 4.78 is 17.1. The Bertz CT molecular complexity index is 2790. The number of carbonyl (C=O) groups is 4. The molecular weight excluding hydrogens is 795 g/mol. The van der Waals surface area contributed by atoms with E-state index in [1.54, 1.807) is 52.8 Å². The fourth-order valence-electron chi connectivity index (χ4n) is 6.76. The summed E-state index contributed by atoms with van der Waals surface area (Å²) in [5.41, 5.74) is 22.5. The zero-order valence-electron chi connectivity index (χ0n) is 35.3. The van der Waals surface area contributed by atoms with Crippen molar-refractivity contribution in [2.24, 2.45) is 22.2 Å². The second-order valence-corrected chi connectivity index (χ2v) is 14.1. The lowest BCUT2D eigenvalue weighted by Gasteiger charge is -2.14. The zero-order valence-corrected chi connectivity index (χ0v) is 35.3. The number of amides is 4. The van der Waals surface area contributed by atoms with Gasteiger partial charge in [0.1, 0.15) is 40.5 Å². The lowest BCUT2D eigenvalue weighted by Crippen LogP contribution is -2.24. The van der Waals surface area contributed by atoms with E-state index in [0.29, 0.717) is 58.0 Å². The lowest BCUT2D eigenvalue weighted by atomic mass is 10.1. The number of benzene rings is 3. The first-order chi connectivity index (χ1) is 29.7. The summed E-state index contributed by atoms with van der Waals surface area (Å²) in [5, 5.41) is 13.3. The number of methoxy groups -OCH3 is 1. The van der Waals surface area contributed by atoms with Crippen LogP contribution in [0.1, 0.15) is 63.2 Å². The maximum atomic E-state index is 13.8. The van der Waals surface area contributed by atoms with Crippen molar-refractivity contribution in [3.8, 4) is 11.5 Å². The predicted octanol–water partition coefficient (Wildman–Crippen LogP) is 4.51. The SMILES string of the molecule is CCN=C(/C=C(/C)N)C(=O)Nc1nc2cc(C(N)=O)cc(OC)c2n1C/C=C/Cn1c(NC(=O)c2cc(C)nn2CC)nc2cc(C(N)=O)cc(OCc3cccc(NC)c3)c21. The third kappa shape index (κ3) is 9.57. The number of primary amides is 2. The molecule has 3 heterocycles. The molecule has 0 radical (unpaired) electrons. The molecular formula is C43H49N13O6. The molecule has 0 saturated heterocycles. The summed E-state index contributed by atoms with van der Waals surface area (Å²) in [7, 11) is 3.26. The number of imidazole rings is 2. The minimum absolute atomic E-state index is 0.0948. The maximum Gasteiger partial charge on any atom is 0.276 e. The van der Waals surface area contributed by atoms with E-state index in [-0.39, 0.29) is 54.2 Å². The molecule has 0 spiro atoms. The van der Waals surface area contributed by atoms with E-state index in [2.05, 4.69) is 31.0 Å². The number of allylic oxidation sites excluding steroid dienone is 3. The molecule has 62 heavy (non-hydrogen) atoms. The Kier molecular flexibility index (Phi) is 13.3. The molecule has 3 aromatic carbocycles. The number of nitrogens with zero attached hydrogens (tertiary/aromatic N) is 7. The Morgan fingerprint density at radius 2 is 1.45 bits per heavy atom. The first-order valence-electron chi connectivity index (χ1n) is 19.7. The standard InChI is InChI=1S/C43H49N13O6/c1-7-48-32(16-24(3)44)40(59)51-42-49-30-19-27(38(45)57)21-34(61-6)36(30)54(42)14-9-10-15-55-37-31(50-43(55)52-41(60)33-17-25(4)53-56(33)8-2)20-28(39(46)58)22-35(37)62-23-26-12-11-13-29(18-26)47-5/h9-13,16-22,47H,7-8,14-15,23,44H2,1-6H3,(H2,45,57)(H2,46,58)(H,49,51,59)(H,50,52,60)/b10-9+,24-16-,48-32?. The minimum Gasteiger partial charge on any atom is -0.494 e. The van der Waals surface area contributed by atoms with Crippen molar-refractivity contribution in [2.45, 2.75) is 53.9 Å². The fourth-order valence-corrected chi connectivity index (χ4v) is 6.76. The normalized spacial score (nSPS) is 12.0. The third-order valence-electron chi connectivity index (χ3n) is 9.57. The van der Waals surface area contributed by atoms with Crippen molar-refractivity contribution in [3.05, 3.63) is 107 Å². The van der Waals surface area contributed by atoms with Gasteiger partial charge in [0.15, 0.2) is 0 Å². The van der Waals surface area contributed by atoms with Crippen LogP contribution in [-0.2, 0) is 31.0 Å². The van der Waals surface area contributed by atoms with Crippen molar-refractivity contribution in [3.63, 3.8) is 0 Å². The number of nitrogens with two attached hydrogens (primary N) is 3. The highest BCUT2D eigenvalue weighted by atomic mass is 16.5. The van der Waals surface area contributed by atoms with Gasteiger partial charge in [-0.25, -0.2) is 9.97 Å². The molecule has 0 atom stereocenters. The van der Waals surface area contributed by atoms with E-state index in [0.717, 1.165) is 11.3 Å². The molecule has 3 aromatic heterocycles. The Labute approximate surface area is 356 Å². The third-order valence-corrected chi connectivity index (χ3v) is 9.57. The highest BCUT2D eigenvalue weighted by Crippen LogP contribution is 2.33. The first-order valence-corrected chi connectivity index (χ1v) is 19.7. The fraction of sp³-hybridized carbons (Fsp3) is 0.256. The van der Waals surface area contributed by atoms with Crippen LogP contribution in [0.2, 0.25) is 0 Å². The van der Waals surface area contributed by atoms with Crippen LogP contribution >= 0.6 is 0 Å². The van der Waals surface area contributed by atoms with Crippen molar-refractivity contribution in [1.29, 1.82) is 0 Å². The van der Waals surface area contributed by atoms with Gasteiger partial charge in [-0.15, -0.1) is 0 Å². The Morgan fingerprint density at radius 1 is 0.839 bits per heavy atom. The summed E-state index contributed by atoms with van der Waals surface area (Å²) in [5.74, 6) is -1.51. The summed E-state index contributed by atoms with van der Waals surface area (Å²) in [6.07, 6.45) is 5.10. The molecule has 6 rings (SSSR count). The summed E-state index contributed by atoms with van der Waals surface area (Å²) in [4.78, 5) is 65.9. The zero-order chi connectivity index (χ0) is 44.7. The Balaban J connectivity index is 1.43. The number of rotatable bonds is 18. The Hall–Kier alpha value is -7.96. The Morgan fingerprint density at radius 3 is 2.02 bits per heavy atom. The predicted molar refractivity (Wildman–Crippen MR) is 238 cm³/mol. The van der Waals surface area contributed by atoms with Crippen LogP contribution in [0.4, 0.5) is 17.6 Å². The van der Waals surface area contributed by atoms with E-state index in [1.807, 2.05) is 50.4 Å². The van der Waals surface area contributed by atoms with Gasteiger partial charge in [0.25, 0.3) is 11.8 Å². The van der Waals surface area contributed by atoms with Crippen molar-refractivity contribution >= 4 is 69.0 Å². The molecule has 0 aliphatic rings. The first kappa shape index (κ1) is 43.6. The molecule has 322 valence electrons. The lowest BCUT2D eigenvalue weighted by molar-refractivity contribution is -0.110. The van der Waals surface area contributed by atoms with Crippen LogP contribution in [0.15, 0.2) is 83.5 Å².